The van der Waals surface area contributed by atoms with Crippen molar-refractivity contribution in [2.45, 2.75) is 24.3 Å². The minimum Gasteiger partial charge on any atom is -0.386 e. The molecule has 0 saturated heterocycles. The Labute approximate surface area is 104 Å². The lowest BCUT2D eigenvalue weighted by atomic mass is 9.99. The maximum Gasteiger partial charge on any atom is 0.233 e. The smallest absolute Gasteiger partial charge is 0.233 e. The number of carbonyl (C=O) groups is 1. The molecule has 0 aromatic heterocycles. The molecule has 100 valence electrons. The summed E-state index contributed by atoms with van der Waals surface area (Å²) in [7, 11) is -3.99. The zero-order valence-electron chi connectivity index (χ0n) is 9.97. The number of hydrogen-bond donors (Lipinski definition) is 2. The monoisotopic (exact) mass is 275 g/mol. The molecule has 0 spiro atoms. The van der Waals surface area contributed by atoms with E-state index in [-0.39, 0.29) is 10.5 Å². The van der Waals surface area contributed by atoms with Crippen LogP contribution in [0.25, 0.3) is 0 Å². The minimum atomic E-state index is -3.99. The van der Waals surface area contributed by atoms with Gasteiger partial charge in [-0.2, -0.15) is 0 Å². The lowest BCUT2D eigenvalue weighted by molar-refractivity contribution is -0.115. The molecule has 0 aliphatic rings. The van der Waals surface area contributed by atoms with E-state index in [4.69, 9.17) is 5.73 Å². The average molecular weight is 275 g/mol. The molecule has 0 heterocycles. The molecule has 0 bridgehead atoms. The van der Waals surface area contributed by atoms with Gasteiger partial charge in [0, 0.05) is 0 Å². The number of sulfone groups is 1. The largest absolute Gasteiger partial charge is 0.386 e. The van der Waals surface area contributed by atoms with E-state index in [2.05, 4.69) is 0 Å². The molecule has 1 aromatic rings. The first-order chi connectivity index (χ1) is 8.02. The zero-order valence-corrected chi connectivity index (χ0v) is 10.8. The Balaban J connectivity index is 3.35. The Hall–Kier alpha value is -1.47. The molecule has 5 nitrogen and oxygen atoms in total. The van der Waals surface area contributed by atoms with Gasteiger partial charge in [-0.15, -0.1) is 0 Å². The summed E-state index contributed by atoms with van der Waals surface area (Å²) in [5.41, 5.74) is 3.53. The number of carbonyl (C=O) groups excluding carboxylic acids is 1. The molecule has 0 saturated carbocycles. The predicted molar refractivity (Wildman–Crippen MR) is 62.9 cm³/mol. The van der Waals surface area contributed by atoms with Gasteiger partial charge in [-0.1, -0.05) is 0 Å². The molecule has 1 amide bonds. The number of benzene rings is 1. The van der Waals surface area contributed by atoms with Gasteiger partial charge in [0.25, 0.3) is 0 Å². The van der Waals surface area contributed by atoms with Crippen molar-refractivity contribution >= 4 is 15.7 Å². The van der Waals surface area contributed by atoms with Crippen LogP contribution in [-0.4, -0.2) is 25.2 Å². The molecule has 18 heavy (non-hydrogen) atoms. The number of nitrogens with two attached hydrogens (primary N) is 1. The third-order valence-corrected chi connectivity index (χ3v) is 3.89. The number of halogens is 1. The lowest BCUT2D eigenvalue weighted by Gasteiger charge is -2.18. The van der Waals surface area contributed by atoms with Crippen molar-refractivity contribution in [1.29, 1.82) is 0 Å². The molecule has 0 fully saturated rings. The van der Waals surface area contributed by atoms with Gasteiger partial charge >= 0.3 is 0 Å². The molecule has 0 unspecified atom stereocenters. The second kappa shape index (κ2) is 4.66. The quantitative estimate of drug-likeness (QED) is 0.826. The minimum absolute atomic E-state index is 0.102. The highest BCUT2D eigenvalue weighted by Gasteiger charge is 2.23. The first-order valence-electron chi connectivity index (χ1n) is 5.07. The summed E-state index contributed by atoms with van der Waals surface area (Å²) in [5, 5.41) is 9.73. The van der Waals surface area contributed by atoms with E-state index in [1.54, 1.807) is 0 Å². The lowest BCUT2D eigenvalue weighted by Crippen LogP contribution is -2.24. The van der Waals surface area contributed by atoms with Crippen LogP contribution in [0.5, 0.6) is 0 Å². The molecule has 0 aliphatic heterocycles. The van der Waals surface area contributed by atoms with Gasteiger partial charge in [0.05, 0.1) is 10.5 Å². The third kappa shape index (κ3) is 3.51. The van der Waals surface area contributed by atoms with Crippen LogP contribution in [0.1, 0.15) is 19.4 Å². The van der Waals surface area contributed by atoms with Gasteiger partial charge in [-0.05, 0) is 37.6 Å². The van der Waals surface area contributed by atoms with Crippen molar-refractivity contribution in [3.8, 4) is 0 Å². The van der Waals surface area contributed by atoms with Crippen LogP contribution in [0.3, 0.4) is 0 Å². The van der Waals surface area contributed by atoms with Crippen molar-refractivity contribution < 1.29 is 22.7 Å². The number of amides is 1. The van der Waals surface area contributed by atoms with E-state index in [1.807, 2.05) is 0 Å². The molecular weight excluding hydrogens is 261 g/mol. The highest BCUT2D eigenvalue weighted by Crippen LogP contribution is 2.24. The van der Waals surface area contributed by atoms with Crippen LogP contribution >= 0.6 is 0 Å². The average Bonchev–Trinajstić information content (AvgIpc) is 2.13. The van der Waals surface area contributed by atoms with Gasteiger partial charge < -0.3 is 10.8 Å². The van der Waals surface area contributed by atoms with Crippen LogP contribution in [0.2, 0.25) is 0 Å². The van der Waals surface area contributed by atoms with Gasteiger partial charge in [0.1, 0.15) is 11.6 Å². The van der Waals surface area contributed by atoms with Crippen molar-refractivity contribution in [3.63, 3.8) is 0 Å². The SMILES string of the molecule is CC(C)(O)c1cc(F)cc(S(=O)(=O)CC(N)=O)c1. The van der Waals surface area contributed by atoms with E-state index in [0.29, 0.717) is 0 Å². The maximum absolute atomic E-state index is 13.3. The van der Waals surface area contributed by atoms with Crippen LogP contribution in [0.4, 0.5) is 4.39 Å². The van der Waals surface area contributed by atoms with Crippen LogP contribution < -0.4 is 5.73 Å². The Bertz CT molecular complexity index is 575. The molecule has 1 rings (SSSR count). The normalized spacial score (nSPS) is 12.4. The molecule has 7 heteroatoms. The zero-order chi connectivity index (χ0) is 14.1. The first-order valence-corrected chi connectivity index (χ1v) is 6.72. The van der Waals surface area contributed by atoms with E-state index in [9.17, 15) is 22.7 Å². The maximum atomic E-state index is 13.3. The Kier molecular flexibility index (Phi) is 3.78. The fourth-order valence-electron chi connectivity index (χ4n) is 1.37. The second-order valence-electron chi connectivity index (χ2n) is 4.46. The van der Waals surface area contributed by atoms with E-state index in [0.717, 1.165) is 18.2 Å². The Morgan fingerprint density at radius 2 is 1.94 bits per heavy atom. The van der Waals surface area contributed by atoms with Crippen LogP contribution in [-0.2, 0) is 20.2 Å². The summed E-state index contributed by atoms with van der Waals surface area (Å²) in [6.45, 7) is 2.79. The number of hydrogen-bond acceptors (Lipinski definition) is 4. The van der Waals surface area contributed by atoms with E-state index in [1.165, 1.54) is 13.8 Å². The van der Waals surface area contributed by atoms with Gasteiger partial charge in [-0.25, -0.2) is 12.8 Å². The van der Waals surface area contributed by atoms with E-state index >= 15 is 0 Å². The molecule has 3 N–H and O–H groups in total. The van der Waals surface area contributed by atoms with Crippen molar-refractivity contribution in [3.05, 3.63) is 29.6 Å². The third-order valence-electron chi connectivity index (χ3n) is 2.27. The molecule has 0 aliphatic carbocycles. The first kappa shape index (κ1) is 14.6. The second-order valence-corrected chi connectivity index (χ2v) is 6.45. The standard InChI is InChI=1S/C11H14FNO4S/c1-11(2,15)7-3-8(12)5-9(4-7)18(16,17)6-10(13)14/h3-5,15H,6H2,1-2H3,(H2,13,14). The summed E-state index contributed by atoms with van der Waals surface area (Å²) < 4.78 is 36.8. The molecule has 0 atom stereocenters. The summed E-state index contributed by atoms with van der Waals surface area (Å²) in [6.07, 6.45) is 0. The highest BCUT2D eigenvalue weighted by atomic mass is 32.2. The summed E-state index contributed by atoms with van der Waals surface area (Å²) in [6, 6.07) is 2.94. The van der Waals surface area contributed by atoms with Gasteiger partial charge in [0.15, 0.2) is 9.84 Å². The van der Waals surface area contributed by atoms with Crippen molar-refractivity contribution in [1.82, 2.24) is 0 Å². The fourth-order valence-corrected chi connectivity index (χ4v) is 2.51. The van der Waals surface area contributed by atoms with Gasteiger partial charge in [0.2, 0.25) is 5.91 Å². The Morgan fingerprint density at radius 3 is 2.39 bits per heavy atom. The topological polar surface area (TPSA) is 97.5 Å². The van der Waals surface area contributed by atoms with Crippen molar-refractivity contribution in [2.24, 2.45) is 5.73 Å². The van der Waals surface area contributed by atoms with Gasteiger partial charge in [-0.3, -0.25) is 4.79 Å². The predicted octanol–water partition coefficient (Wildman–Crippen LogP) is 0.312. The molecular formula is C11H14FNO4S. The number of primary amides is 1. The summed E-state index contributed by atoms with van der Waals surface area (Å²) >= 11 is 0. The summed E-state index contributed by atoms with van der Waals surface area (Å²) in [5.74, 6) is -2.73. The van der Waals surface area contributed by atoms with Crippen LogP contribution in [0, 0.1) is 5.82 Å². The number of rotatable bonds is 4. The summed E-state index contributed by atoms with van der Waals surface area (Å²) in [4.78, 5) is 10.3. The van der Waals surface area contributed by atoms with Crippen molar-refractivity contribution in [2.75, 3.05) is 5.75 Å². The highest BCUT2D eigenvalue weighted by molar-refractivity contribution is 7.92. The number of aliphatic hydroxyl groups is 1. The molecule has 0 radical (unpaired) electrons. The van der Waals surface area contributed by atoms with E-state index < -0.39 is 32.9 Å². The Morgan fingerprint density at radius 1 is 1.39 bits per heavy atom. The molecule has 1 aromatic carbocycles. The fraction of sp³-hybridized carbons (Fsp3) is 0.364. The van der Waals surface area contributed by atoms with Crippen LogP contribution in [0.15, 0.2) is 23.1 Å².